The van der Waals surface area contributed by atoms with Crippen LogP contribution in [0.25, 0.3) is 0 Å². The molecule has 3 rings (SSSR count). The topological polar surface area (TPSA) is 63.2 Å². The Morgan fingerprint density at radius 2 is 2.06 bits per heavy atom. The first-order valence-corrected chi connectivity index (χ1v) is 5.28. The van der Waals surface area contributed by atoms with Gasteiger partial charge in [-0.05, 0) is 13.8 Å². The van der Waals surface area contributed by atoms with Crippen molar-refractivity contribution in [1.82, 2.24) is 0 Å². The first-order chi connectivity index (χ1) is 7.53. The molecule has 0 aromatic carbocycles. The number of fused-ring (bicyclic) bond motifs is 1. The monoisotopic (exact) mass is 230 g/mol. The fraction of sp³-hybridized carbons (Fsp3) is 0.900. The molecule has 0 saturated carbocycles. The summed E-state index contributed by atoms with van der Waals surface area (Å²) in [6, 6.07) is 0. The Balaban J connectivity index is 1.85. The highest BCUT2D eigenvalue weighted by atomic mass is 16.8. The predicted octanol–water partition coefficient (Wildman–Crippen LogP) is -0.194. The second-order valence-electron chi connectivity index (χ2n) is 4.63. The van der Waals surface area contributed by atoms with Crippen LogP contribution in [0.15, 0.2) is 0 Å². The van der Waals surface area contributed by atoms with Gasteiger partial charge in [-0.15, -0.1) is 0 Å². The Kier molecular flexibility index (Phi) is 2.15. The van der Waals surface area contributed by atoms with Gasteiger partial charge >= 0.3 is 0 Å². The molecule has 1 spiro atoms. The number of carbonyl (C=O) groups excluding carboxylic acids is 1. The summed E-state index contributed by atoms with van der Waals surface area (Å²) in [5.74, 6) is -2.27. The van der Waals surface area contributed by atoms with E-state index >= 15 is 0 Å². The number of Topliss-reactive ketones (excluding diaryl/α,β-unsaturated/α-hetero) is 1. The van der Waals surface area contributed by atoms with E-state index in [1.54, 1.807) is 13.8 Å². The van der Waals surface area contributed by atoms with Crippen LogP contribution < -0.4 is 0 Å². The number of hydrogen-bond donors (Lipinski definition) is 0. The molecule has 3 aliphatic heterocycles. The molecule has 0 aliphatic carbocycles. The molecule has 0 N–H and O–H groups in total. The second kappa shape index (κ2) is 3.24. The Bertz CT molecular complexity index is 319. The van der Waals surface area contributed by atoms with Crippen LogP contribution in [0.5, 0.6) is 0 Å². The van der Waals surface area contributed by atoms with Crippen LogP contribution in [0.3, 0.4) is 0 Å². The van der Waals surface area contributed by atoms with Crippen molar-refractivity contribution in [2.45, 2.75) is 37.6 Å². The molecule has 3 fully saturated rings. The third-order valence-electron chi connectivity index (χ3n) is 2.97. The quantitative estimate of drug-likeness (QED) is 0.574. The lowest BCUT2D eigenvalue weighted by Gasteiger charge is -2.34. The Hall–Kier alpha value is -0.530. The maximum Gasteiger partial charge on any atom is 0.258 e. The van der Waals surface area contributed by atoms with Gasteiger partial charge in [-0.1, -0.05) is 0 Å². The third-order valence-corrected chi connectivity index (χ3v) is 2.97. The molecule has 3 unspecified atom stereocenters. The molecular formula is C10H14O6. The molecule has 0 radical (unpaired) electrons. The molecule has 3 heterocycles. The Morgan fingerprint density at radius 3 is 2.75 bits per heavy atom. The highest BCUT2D eigenvalue weighted by Gasteiger charge is 2.59. The van der Waals surface area contributed by atoms with Crippen molar-refractivity contribution in [2.24, 2.45) is 0 Å². The van der Waals surface area contributed by atoms with E-state index in [1.807, 2.05) is 0 Å². The molecule has 0 aromatic rings. The molecule has 16 heavy (non-hydrogen) atoms. The van der Waals surface area contributed by atoms with Crippen LogP contribution in [0, 0.1) is 0 Å². The van der Waals surface area contributed by atoms with Gasteiger partial charge in [-0.2, -0.15) is 0 Å². The molecule has 6 heteroatoms. The number of hydrogen-bond acceptors (Lipinski definition) is 6. The van der Waals surface area contributed by atoms with Gasteiger partial charge in [-0.3, -0.25) is 4.79 Å². The average Bonchev–Trinajstić information content (AvgIpc) is 2.78. The largest absolute Gasteiger partial charge is 0.349 e. The van der Waals surface area contributed by atoms with Gasteiger partial charge in [0.2, 0.25) is 5.78 Å². The summed E-state index contributed by atoms with van der Waals surface area (Å²) >= 11 is 0. The van der Waals surface area contributed by atoms with Crippen LogP contribution in [0.1, 0.15) is 13.8 Å². The highest BCUT2D eigenvalue weighted by Crippen LogP contribution is 2.37. The normalized spacial score (nSPS) is 46.2. The number of ether oxygens (including phenoxy) is 5. The molecular weight excluding hydrogens is 216 g/mol. The average molecular weight is 230 g/mol. The summed E-state index contributed by atoms with van der Waals surface area (Å²) in [5, 5.41) is 0. The molecule has 3 saturated heterocycles. The summed E-state index contributed by atoms with van der Waals surface area (Å²) in [4.78, 5) is 12.2. The lowest BCUT2D eigenvalue weighted by Crippen LogP contribution is -2.58. The minimum atomic E-state index is -1.27. The van der Waals surface area contributed by atoms with Crippen LogP contribution in [-0.2, 0) is 28.5 Å². The summed E-state index contributed by atoms with van der Waals surface area (Å²) in [6.07, 6.45) is -0.970. The zero-order valence-corrected chi connectivity index (χ0v) is 9.23. The zero-order valence-electron chi connectivity index (χ0n) is 9.23. The van der Waals surface area contributed by atoms with E-state index in [0.29, 0.717) is 0 Å². The van der Waals surface area contributed by atoms with E-state index in [1.165, 1.54) is 0 Å². The molecule has 0 aromatic heterocycles. The van der Waals surface area contributed by atoms with E-state index in [0.717, 1.165) is 0 Å². The lowest BCUT2D eigenvalue weighted by molar-refractivity contribution is -0.232. The van der Waals surface area contributed by atoms with Crippen LogP contribution in [-0.4, -0.2) is 49.6 Å². The van der Waals surface area contributed by atoms with Crippen LogP contribution in [0.4, 0.5) is 0 Å². The Labute approximate surface area is 92.7 Å². The fourth-order valence-electron chi connectivity index (χ4n) is 2.26. The van der Waals surface area contributed by atoms with E-state index in [2.05, 4.69) is 0 Å². The molecule has 6 nitrogen and oxygen atoms in total. The maximum atomic E-state index is 12.2. The van der Waals surface area contributed by atoms with E-state index in [4.69, 9.17) is 23.7 Å². The van der Waals surface area contributed by atoms with Gasteiger partial charge in [0, 0.05) is 0 Å². The van der Waals surface area contributed by atoms with Gasteiger partial charge in [-0.25, -0.2) is 0 Å². The molecule has 0 bridgehead atoms. The maximum absolute atomic E-state index is 12.2. The number of ketones is 1. The molecule has 90 valence electrons. The summed E-state index contributed by atoms with van der Waals surface area (Å²) in [7, 11) is 0. The van der Waals surface area contributed by atoms with Gasteiger partial charge in [0.15, 0.2) is 18.7 Å². The van der Waals surface area contributed by atoms with Crippen molar-refractivity contribution >= 4 is 5.78 Å². The summed E-state index contributed by atoms with van der Waals surface area (Å²) in [5.41, 5.74) is 0. The van der Waals surface area contributed by atoms with Gasteiger partial charge < -0.3 is 23.7 Å². The van der Waals surface area contributed by atoms with Crippen LogP contribution >= 0.6 is 0 Å². The molecule has 3 atom stereocenters. The minimum absolute atomic E-state index is 0.0768. The molecule has 3 aliphatic rings. The fourth-order valence-corrected chi connectivity index (χ4v) is 2.26. The summed E-state index contributed by atoms with van der Waals surface area (Å²) < 4.78 is 26.9. The van der Waals surface area contributed by atoms with Crippen molar-refractivity contribution < 1.29 is 28.5 Å². The van der Waals surface area contributed by atoms with Crippen LogP contribution in [0.2, 0.25) is 0 Å². The first kappa shape index (κ1) is 10.6. The van der Waals surface area contributed by atoms with Crippen molar-refractivity contribution in [2.75, 3.05) is 20.0 Å². The lowest BCUT2D eigenvalue weighted by atomic mass is 9.99. The first-order valence-electron chi connectivity index (χ1n) is 5.28. The van der Waals surface area contributed by atoms with Gasteiger partial charge in [0.1, 0.15) is 12.7 Å². The standard InChI is InChI=1S/C10H14O6/c1-9(2)15-6-3-13-10(4-12-5-14-10)8(11)7(6)16-9/h6-7H,3-5H2,1-2H3. The highest BCUT2D eigenvalue weighted by molar-refractivity contribution is 5.91. The number of carbonyl (C=O) groups is 1. The van der Waals surface area contributed by atoms with Gasteiger partial charge in [0.05, 0.1) is 6.61 Å². The molecule has 0 amide bonds. The second-order valence-corrected chi connectivity index (χ2v) is 4.63. The predicted molar refractivity (Wildman–Crippen MR) is 49.4 cm³/mol. The van der Waals surface area contributed by atoms with E-state index < -0.39 is 17.7 Å². The van der Waals surface area contributed by atoms with E-state index in [-0.39, 0.29) is 31.9 Å². The smallest absolute Gasteiger partial charge is 0.258 e. The summed E-state index contributed by atoms with van der Waals surface area (Å²) in [6.45, 7) is 4.03. The van der Waals surface area contributed by atoms with Crippen molar-refractivity contribution in [1.29, 1.82) is 0 Å². The number of rotatable bonds is 0. The minimum Gasteiger partial charge on any atom is -0.349 e. The van der Waals surface area contributed by atoms with E-state index in [9.17, 15) is 4.79 Å². The van der Waals surface area contributed by atoms with Crippen molar-refractivity contribution in [3.63, 3.8) is 0 Å². The third kappa shape index (κ3) is 1.42. The zero-order chi connectivity index (χ0) is 11.4. The van der Waals surface area contributed by atoms with Crippen molar-refractivity contribution in [3.8, 4) is 0 Å². The van der Waals surface area contributed by atoms with Crippen molar-refractivity contribution in [3.05, 3.63) is 0 Å². The Morgan fingerprint density at radius 1 is 1.25 bits per heavy atom. The SMILES string of the molecule is CC1(C)OC2COC3(COCO3)C(=O)C2O1. The van der Waals surface area contributed by atoms with Gasteiger partial charge in [0.25, 0.3) is 5.79 Å².